The summed E-state index contributed by atoms with van der Waals surface area (Å²) in [5.74, 6) is 0.620. The number of hydrogen-bond acceptors (Lipinski definition) is 2. The molecule has 0 aromatic heterocycles. The summed E-state index contributed by atoms with van der Waals surface area (Å²) < 4.78 is 7.84. The van der Waals surface area contributed by atoms with Crippen LogP contribution in [0.25, 0.3) is 0 Å². The van der Waals surface area contributed by atoms with Gasteiger partial charge in [0.15, 0.2) is 0 Å². The fraction of sp³-hybridized carbons (Fsp3) is 0.143. The van der Waals surface area contributed by atoms with Crippen LogP contribution >= 0.6 is 43.5 Å². The van der Waals surface area contributed by atoms with Gasteiger partial charge in [0.05, 0.1) is 5.02 Å². The zero-order valence-electron chi connectivity index (χ0n) is 9.95. The Morgan fingerprint density at radius 2 is 1.68 bits per heavy atom. The molecule has 2 nitrogen and oxygen atoms in total. The minimum absolute atomic E-state index is 0.222. The molecule has 0 aliphatic carbocycles. The highest BCUT2D eigenvalue weighted by Crippen LogP contribution is 2.31. The van der Waals surface area contributed by atoms with E-state index >= 15 is 0 Å². The Bertz CT molecular complexity index is 560. The molecule has 0 saturated heterocycles. The van der Waals surface area contributed by atoms with Crippen LogP contribution in [0.2, 0.25) is 5.02 Å². The smallest absolute Gasteiger partial charge is 0.140 e. The van der Waals surface area contributed by atoms with E-state index < -0.39 is 0 Å². The van der Waals surface area contributed by atoms with E-state index in [4.69, 9.17) is 22.1 Å². The zero-order valence-corrected chi connectivity index (χ0v) is 13.9. The van der Waals surface area contributed by atoms with E-state index in [1.807, 2.05) is 36.4 Å². The summed E-state index contributed by atoms with van der Waals surface area (Å²) >= 11 is 12.9. The highest BCUT2D eigenvalue weighted by molar-refractivity contribution is 9.10. The molecule has 1 unspecified atom stereocenters. The molecule has 2 rings (SSSR count). The third kappa shape index (κ3) is 3.96. The van der Waals surface area contributed by atoms with Gasteiger partial charge in [0.2, 0.25) is 0 Å². The summed E-state index contributed by atoms with van der Waals surface area (Å²) in [6.07, 6.45) is -0.222. The molecule has 0 aliphatic rings. The molecule has 5 heteroatoms. The molecule has 0 bridgehead atoms. The third-order valence-corrected chi connectivity index (χ3v) is 3.95. The molecule has 0 fully saturated rings. The van der Waals surface area contributed by atoms with Crippen molar-refractivity contribution in [3.8, 4) is 5.75 Å². The van der Waals surface area contributed by atoms with Gasteiger partial charge in [-0.15, -0.1) is 0 Å². The van der Waals surface area contributed by atoms with E-state index in [9.17, 15) is 0 Å². The quantitative estimate of drug-likeness (QED) is 0.782. The third-order valence-electron chi connectivity index (χ3n) is 2.62. The average molecular weight is 406 g/mol. The zero-order chi connectivity index (χ0) is 13.8. The maximum absolute atomic E-state index is 6.12. The Morgan fingerprint density at radius 3 is 2.32 bits per heavy atom. The molecule has 0 heterocycles. The second-order valence-corrected chi connectivity index (χ2v) is 6.21. The molecule has 1 atom stereocenters. The Labute approximate surface area is 134 Å². The fourth-order valence-electron chi connectivity index (χ4n) is 1.65. The number of ether oxygens (including phenoxy) is 1. The van der Waals surface area contributed by atoms with Gasteiger partial charge < -0.3 is 10.5 Å². The molecule has 2 N–H and O–H groups in total. The van der Waals surface area contributed by atoms with E-state index in [-0.39, 0.29) is 6.10 Å². The monoisotopic (exact) mass is 403 g/mol. The van der Waals surface area contributed by atoms with Gasteiger partial charge in [-0.1, -0.05) is 55.6 Å². The number of nitrogens with two attached hydrogens (primary N) is 1. The van der Waals surface area contributed by atoms with Gasteiger partial charge in [0.1, 0.15) is 11.9 Å². The van der Waals surface area contributed by atoms with Crippen LogP contribution in [-0.2, 0) is 0 Å². The lowest BCUT2D eigenvalue weighted by molar-refractivity contribution is 0.214. The van der Waals surface area contributed by atoms with Gasteiger partial charge in [-0.25, -0.2) is 0 Å². The van der Waals surface area contributed by atoms with Crippen LogP contribution in [0.4, 0.5) is 0 Å². The minimum Gasteiger partial charge on any atom is -0.483 e. The van der Waals surface area contributed by atoms with Crippen LogP contribution in [0.15, 0.2) is 51.4 Å². The molecule has 0 saturated carbocycles. The SMILES string of the molecule is NCC(Oc1cc(Br)ccc1Cl)c1ccc(Br)cc1. The van der Waals surface area contributed by atoms with Crippen LogP contribution in [0.5, 0.6) is 5.75 Å². The molecule has 0 amide bonds. The van der Waals surface area contributed by atoms with E-state index in [0.29, 0.717) is 17.3 Å². The van der Waals surface area contributed by atoms with Crippen molar-refractivity contribution < 1.29 is 4.74 Å². The van der Waals surface area contributed by atoms with Gasteiger partial charge >= 0.3 is 0 Å². The van der Waals surface area contributed by atoms with Crippen LogP contribution < -0.4 is 10.5 Å². The van der Waals surface area contributed by atoms with Crippen LogP contribution in [0.1, 0.15) is 11.7 Å². The summed E-state index contributed by atoms with van der Waals surface area (Å²) in [5, 5.41) is 0.568. The molecular weight excluding hydrogens is 393 g/mol. The molecule has 19 heavy (non-hydrogen) atoms. The highest BCUT2D eigenvalue weighted by atomic mass is 79.9. The van der Waals surface area contributed by atoms with Crippen LogP contribution in [0.3, 0.4) is 0 Å². The molecule has 2 aromatic rings. The van der Waals surface area contributed by atoms with E-state index in [2.05, 4.69) is 31.9 Å². The molecular formula is C14H12Br2ClNO. The summed E-state index contributed by atoms with van der Waals surface area (Å²) in [6, 6.07) is 13.4. The predicted octanol–water partition coefficient (Wildman–Crippen LogP) is 4.94. The van der Waals surface area contributed by atoms with Gasteiger partial charge in [-0.2, -0.15) is 0 Å². The average Bonchev–Trinajstić information content (AvgIpc) is 2.41. The van der Waals surface area contributed by atoms with Crippen molar-refractivity contribution in [2.45, 2.75) is 6.10 Å². The molecule has 0 radical (unpaired) electrons. The van der Waals surface area contributed by atoms with Crippen molar-refractivity contribution in [2.75, 3.05) is 6.54 Å². The summed E-state index contributed by atoms with van der Waals surface area (Å²) in [7, 11) is 0. The summed E-state index contributed by atoms with van der Waals surface area (Å²) in [5.41, 5.74) is 6.80. The van der Waals surface area contributed by atoms with Crippen molar-refractivity contribution in [1.82, 2.24) is 0 Å². The highest BCUT2D eigenvalue weighted by Gasteiger charge is 2.13. The van der Waals surface area contributed by atoms with Crippen LogP contribution in [0, 0.1) is 0 Å². The van der Waals surface area contributed by atoms with Gasteiger partial charge in [-0.05, 0) is 35.9 Å². The lowest BCUT2D eigenvalue weighted by Crippen LogP contribution is -2.18. The largest absolute Gasteiger partial charge is 0.483 e. The Kier molecular flexibility index (Phi) is 5.28. The van der Waals surface area contributed by atoms with Crippen molar-refractivity contribution in [1.29, 1.82) is 0 Å². The van der Waals surface area contributed by atoms with Gasteiger partial charge in [0, 0.05) is 15.5 Å². The predicted molar refractivity (Wildman–Crippen MR) is 85.7 cm³/mol. The Balaban J connectivity index is 2.23. The second-order valence-electron chi connectivity index (χ2n) is 3.97. The molecule has 0 spiro atoms. The fourth-order valence-corrected chi connectivity index (χ4v) is 2.42. The first-order chi connectivity index (χ1) is 9.10. The number of benzene rings is 2. The van der Waals surface area contributed by atoms with Crippen molar-refractivity contribution >= 4 is 43.5 Å². The number of hydrogen-bond donors (Lipinski definition) is 1. The van der Waals surface area contributed by atoms with E-state index in [0.717, 1.165) is 14.5 Å². The molecule has 2 aromatic carbocycles. The minimum atomic E-state index is -0.222. The first kappa shape index (κ1) is 14.9. The van der Waals surface area contributed by atoms with E-state index in [1.54, 1.807) is 6.07 Å². The first-order valence-corrected chi connectivity index (χ1v) is 7.64. The number of halogens is 3. The van der Waals surface area contributed by atoms with Crippen molar-refractivity contribution in [3.05, 3.63) is 62.0 Å². The summed E-state index contributed by atoms with van der Waals surface area (Å²) in [6.45, 7) is 0.379. The lowest BCUT2D eigenvalue weighted by atomic mass is 10.1. The standard InChI is InChI=1S/C14H12Br2ClNO/c15-10-3-1-9(2-4-10)14(8-18)19-13-7-11(16)5-6-12(13)17/h1-7,14H,8,18H2. The molecule has 100 valence electrons. The lowest BCUT2D eigenvalue weighted by Gasteiger charge is -2.19. The first-order valence-electron chi connectivity index (χ1n) is 5.67. The molecule has 0 aliphatic heterocycles. The maximum Gasteiger partial charge on any atom is 0.140 e. The normalized spacial score (nSPS) is 12.2. The van der Waals surface area contributed by atoms with Gasteiger partial charge in [0.25, 0.3) is 0 Å². The van der Waals surface area contributed by atoms with E-state index in [1.165, 1.54) is 0 Å². The topological polar surface area (TPSA) is 35.2 Å². The van der Waals surface area contributed by atoms with Crippen molar-refractivity contribution in [3.63, 3.8) is 0 Å². The number of rotatable bonds is 4. The second kappa shape index (κ2) is 6.75. The van der Waals surface area contributed by atoms with Gasteiger partial charge in [-0.3, -0.25) is 0 Å². The Hall–Kier alpha value is -0.550. The Morgan fingerprint density at radius 1 is 1.05 bits per heavy atom. The van der Waals surface area contributed by atoms with Crippen LogP contribution in [-0.4, -0.2) is 6.54 Å². The van der Waals surface area contributed by atoms with Crippen molar-refractivity contribution in [2.24, 2.45) is 5.73 Å². The maximum atomic E-state index is 6.12. The summed E-state index contributed by atoms with van der Waals surface area (Å²) in [4.78, 5) is 0.